The Bertz CT molecular complexity index is 456. The molecule has 0 radical (unpaired) electrons. The van der Waals surface area contributed by atoms with E-state index in [0.29, 0.717) is 12.8 Å². The third-order valence-corrected chi connectivity index (χ3v) is 5.02. The van der Waals surface area contributed by atoms with Crippen molar-refractivity contribution < 1.29 is 24.2 Å². The summed E-state index contributed by atoms with van der Waals surface area (Å²) in [4.78, 5) is 34.7. The number of carboxylic acids is 1. The molecule has 0 saturated heterocycles. The Balaban J connectivity index is 3.01. The van der Waals surface area contributed by atoms with E-state index in [-0.39, 0.29) is 36.3 Å². The van der Waals surface area contributed by atoms with Crippen LogP contribution in [0.4, 0.5) is 0 Å². The average Bonchev–Trinajstić information content (AvgIpc) is 2.96. The summed E-state index contributed by atoms with van der Waals surface area (Å²) in [7, 11) is 1.51. The van der Waals surface area contributed by atoms with Crippen LogP contribution in [0, 0.1) is 17.8 Å². The van der Waals surface area contributed by atoms with Gasteiger partial charge < -0.3 is 20.4 Å². The first kappa shape index (κ1) is 20.5. The van der Waals surface area contributed by atoms with Crippen LogP contribution in [0.1, 0.15) is 46.5 Å². The zero-order valence-corrected chi connectivity index (χ0v) is 15.0. The van der Waals surface area contributed by atoms with E-state index in [2.05, 4.69) is 24.4 Å². The summed E-state index contributed by atoms with van der Waals surface area (Å²) in [6.07, 6.45) is 2.36. The second-order valence-corrected chi connectivity index (χ2v) is 6.44. The van der Waals surface area contributed by atoms with Gasteiger partial charge in [0.25, 0.3) is 0 Å². The predicted molar refractivity (Wildman–Crippen MR) is 92.0 cm³/mol. The number of carboxylic acid groups (broad SMARTS) is 1. The van der Waals surface area contributed by atoms with E-state index in [9.17, 15) is 19.5 Å². The van der Waals surface area contributed by atoms with Crippen LogP contribution < -0.4 is 10.5 Å². The molecule has 1 fully saturated rings. The van der Waals surface area contributed by atoms with Gasteiger partial charge in [-0.3, -0.25) is 14.4 Å². The van der Waals surface area contributed by atoms with E-state index in [1.165, 1.54) is 14.9 Å². The van der Waals surface area contributed by atoms with Crippen molar-refractivity contribution in [2.75, 3.05) is 6.61 Å². The van der Waals surface area contributed by atoms with Crippen molar-refractivity contribution >= 4 is 25.8 Å². The summed E-state index contributed by atoms with van der Waals surface area (Å²) >= 11 is 0. The zero-order chi connectivity index (χ0) is 18.3. The molecule has 0 aromatic rings. The zero-order valence-electron chi connectivity index (χ0n) is 15.0. The number of nitrogens with one attached hydrogen (secondary N) is 2. The lowest BCUT2D eigenvalue weighted by molar-refractivity contribution is -0.149. The normalized spacial score (nSPS) is 24.6. The van der Waals surface area contributed by atoms with Crippen molar-refractivity contribution in [2.24, 2.45) is 17.8 Å². The van der Waals surface area contributed by atoms with E-state index in [4.69, 9.17) is 4.74 Å². The third kappa shape index (κ3) is 5.23. The minimum Gasteiger partial charge on any atom is -0.481 e. The van der Waals surface area contributed by atoms with Crippen LogP contribution in [-0.4, -0.2) is 49.6 Å². The first-order chi connectivity index (χ1) is 11.3. The summed E-state index contributed by atoms with van der Waals surface area (Å²) in [5, 5.41) is 14.9. The fourth-order valence-corrected chi connectivity index (χ4v) is 3.74. The number of carbonyl (C=O) groups is 3. The van der Waals surface area contributed by atoms with E-state index >= 15 is 0 Å². The first-order valence-corrected chi connectivity index (χ1v) is 8.67. The molecular weight excluding hydrogens is 311 g/mol. The Labute approximate surface area is 144 Å². The molecule has 1 rings (SSSR count). The highest BCUT2D eigenvalue weighted by atomic mass is 16.5. The maximum absolute atomic E-state index is 11.6. The Kier molecular flexibility index (Phi) is 8.25. The lowest BCUT2D eigenvalue weighted by atomic mass is 9.82. The van der Waals surface area contributed by atoms with Gasteiger partial charge in [-0.2, -0.15) is 0 Å². The molecule has 3 N–H and O–H groups in total. The van der Waals surface area contributed by atoms with E-state index < -0.39 is 18.0 Å². The average molecular weight is 340 g/mol. The van der Waals surface area contributed by atoms with Crippen LogP contribution in [0.15, 0.2) is 0 Å². The topological polar surface area (TPSA) is 105 Å². The Morgan fingerprint density at radius 1 is 1.25 bits per heavy atom. The van der Waals surface area contributed by atoms with E-state index in [1.54, 1.807) is 0 Å². The van der Waals surface area contributed by atoms with Crippen LogP contribution in [0.5, 0.6) is 0 Å². The van der Waals surface area contributed by atoms with Gasteiger partial charge in [-0.1, -0.05) is 26.7 Å². The molecule has 1 saturated carbocycles. The number of rotatable bonds is 9. The molecule has 4 atom stereocenters. The summed E-state index contributed by atoms with van der Waals surface area (Å²) in [5.41, 5.74) is 0. The Morgan fingerprint density at radius 3 is 2.33 bits per heavy atom. The van der Waals surface area contributed by atoms with Crippen molar-refractivity contribution in [3.63, 3.8) is 0 Å². The quantitative estimate of drug-likeness (QED) is 0.516. The summed E-state index contributed by atoms with van der Waals surface area (Å²) in [6, 6.07) is -0.142. The smallest absolute Gasteiger partial charge is 0.309 e. The lowest BCUT2D eigenvalue weighted by Crippen LogP contribution is -2.49. The molecule has 0 aromatic heterocycles. The second-order valence-electron chi connectivity index (χ2n) is 6.44. The van der Waals surface area contributed by atoms with Gasteiger partial charge in [-0.15, -0.1) is 0 Å². The van der Waals surface area contributed by atoms with Gasteiger partial charge in [0, 0.05) is 18.9 Å². The fourth-order valence-electron chi connectivity index (χ4n) is 3.74. The van der Waals surface area contributed by atoms with Gasteiger partial charge in [-0.05, 0) is 18.8 Å². The van der Waals surface area contributed by atoms with Gasteiger partial charge in [0.2, 0.25) is 19.8 Å². The molecule has 2 amide bonds. The molecule has 1 aliphatic rings. The van der Waals surface area contributed by atoms with Crippen molar-refractivity contribution in [1.82, 2.24) is 10.5 Å². The standard InChI is InChI=1S/C16H29BN2O5/c1-4-10(5-2)14(18-9(3)20)11-6-7-12(16(22)23)15(11)24-8-13(21)19-17/h10-12,14-15H,4-8,17H2,1-3H3,(H,18,20)(H,19,21)(H,22,23)/t11-,12+,14-,15+/m1/s1. The lowest BCUT2D eigenvalue weighted by Gasteiger charge is -2.35. The molecular formula is C16H29BN2O5. The van der Waals surface area contributed by atoms with Crippen molar-refractivity contribution in [3.05, 3.63) is 0 Å². The van der Waals surface area contributed by atoms with Crippen LogP contribution in [0.3, 0.4) is 0 Å². The molecule has 8 heteroatoms. The SMILES string of the molecule is BNC(=O)CO[C@H]1[C@@H]([C@H](NC(C)=O)C(CC)CC)CC[C@@H]1C(=O)O. The Hall–Kier alpha value is -1.57. The number of amides is 2. The van der Waals surface area contributed by atoms with Gasteiger partial charge in [0.1, 0.15) is 6.61 Å². The molecule has 0 unspecified atom stereocenters. The number of hydrogen-bond donors (Lipinski definition) is 3. The van der Waals surface area contributed by atoms with Crippen LogP contribution >= 0.6 is 0 Å². The maximum atomic E-state index is 11.6. The molecule has 24 heavy (non-hydrogen) atoms. The number of ether oxygens (including phenoxy) is 1. The molecule has 0 aliphatic heterocycles. The van der Waals surface area contributed by atoms with Gasteiger partial charge in [0.15, 0.2) is 0 Å². The molecule has 0 aromatic carbocycles. The molecule has 0 spiro atoms. The first-order valence-electron chi connectivity index (χ1n) is 8.67. The monoisotopic (exact) mass is 340 g/mol. The van der Waals surface area contributed by atoms with E-state index in [0.717, 1.165) is 12.8 Å². The molecule has 0 heterocycles. The highest BCUT2D eigenvalue weighted by Gasteiger charge is 2.46. The van der Waals surface area contributed by atoms with Crippen LogP contribution in [0.25, 0.3) is 0 Å². The minimum atomic E-state index is -0.912. The van der Waals surface area contributed by atoms with Gasteiger partial charge in [0.05, 0.1) is 12.0 Å². The van der Waals surface area contributed by atoms with Crippen LogP contribution in [0.2, 0.25) is 0 Å². The summed E-state index contributed by atoms with van der Waals surface area (Å²) in [6.45, 7) is 5.43. The molecule has 1 aliphatic carbocycles. The van der Waals surface area contributed by atoms with E-state index in [1.807, 2.05) is 0 Å². The highest BCUT2D eigenvalue weighted by molar-refractivity contribution is 6.14. The number of hydrogen-bond acceptors (Lipinski definition) is 4. The van der Waals surface area contributed by atoms with Gasteiger partial charge in [-0.25, -0.2) is 0 Å². The number of aliphatic carboxylic acids is 1. The third-order valence-electron chi connectivity index (χ3n) is 5.02. The summed E-state index contributed by atoms with van der Waals surface area (Å²) in [5.74, 6) is -1.84. The second kappa shape index (κ2) is 9.66. The van der Waals surface area contributed by atoms with Gasteiger partial charge >= 0.3 is 5.97 Å². The highest BCUT2D eigenvalue weighted by Crippen LogP contribution is 2.39. The molecule has 7 nitrogen and oxygen atoms in total. The summed E-state index contributed by atoms with van der Waals surface area (Å²) < 4.78 is 5.70. The molecule has 136 valence electrons. The van der Waals surface area contributed by atoms with Crippen molar-refractivity contribution in [1.29, 1.82) is 0 Å². The Morgan fingerprint density at radius 2 is 1.88 bits per heavy atom. The minimum absolute atomic E-state index is 0.107. The van der Waals surface area contributed by atoms with Crippen molar-refractivity contribution in [2.45, 2.75) is 58.6 Å². The largest absolute Gasteiger partial charge is 0.481 e. The van der Waals surface area contributed by atoms with Crippen molar-refractivity contribution in [3.8, 4) is 0 Å². The molecule has 0 bridgehead atoms. The fraction of sp³-hybridized carbons (Fsp3) is 0.812. The maximum Gasteiger partial charge on any atom is 0.309 e. The number of carbonyl (C=O) groups excluding carboxylic acids is 2. The predicted octanol–water partition coefficient (Wildman–Crippen LogP) is 0.0876. The van der Waals surface area contributed by atoms with Crippen LogP contribution in [-0.2, 0) is 19.1 Å².